The van der Waals surface area contributed by atoms with Crippen LogP contribution in [0.15, 0.2) is 0 Å². The number of aliphatic carboxylic acids is 1. The van der Waals surface area contributed by atoms with Gasteiger partial charge in [0.25, 0.3) is 0 Å². The Labute approximate surface area is 158 Å². The summed E-state index contributed by atoms with van der Waals surface area (Å²) in [5, 5.41) is 24.8. The fourth-order valence-corrected chi connectivity index (χ4v) is 2.14. The molecule has 11 heteroatoms. The second-order valence-electron chi connectivity index (χ2n) is 6.48. The quantitative estimate of drug-likeness (QED) is 0.165. The Bertz CT molecular complexity index is 514. The number of nitrogens with two attached hydrogens (primary N) is 2. The van der Waals surface area contributed by atoms with E-state index in [1.165, 1.54) is 0 Å². The van der Waals surface area contributed by atoms with E-state index < -0.39 is 48.4 Å². The molecule has 0 spiro atoms. The number of aliphatic hydroxyl groups is 1. The largest absolute Gasteiger partial charge is 0.480 e. The number of amides is 3. The zero-order valence-corrected chi connectivity index (χ0v) is 15.7. The van der Waals surface area contributed by atoms with Crippen molar-refractivity contribution in [1.82, 2.24) is 16.0 Å². The van der Waals surface area contributed by atoms with Crippen LogP contribution >= 0.6 is 0 Å². The minimum absolute atomic E-state index is 0.351. The third-order valence-electron chi connectivity index (χ3n) is 3.79. The lowest BCUT2D eigenvalue weighted by Crippen LogP contribution is -2.56. The molecule has 0 bridgehead atoms. The maximum atomic E-state index is 12.2. The van der Waals surface area contributed by atoms with Crippen molar-refractivity contribution >= 4 is 23.7 Å². The van der Waals surface area contributed by atoms with Crippen molar-refractivity contribution in [3.05, 3.63) is 0 Å². The van der Waals surface area contributed by atoms with Crippen LogP contribution in [0.1, 0.15) is 33.1 Å². The van der Waals surface area contributed by atoms with Gasteiger partial charge in [-0.3, -0.25) is 14.4 Å². The van der Waals surface area contributed by atoms with E-state index in [0.717, 1.165) is 6.42 Å². The Kier molecular flexibility index (Phi) is 11.9. The second kappa shape index (κ2) is 13.0. The highest BCUT2D eigenvalue weighted by Gasteiger charge is 2.28. The van der Waals surface area contributed by atoms with Crippen molar-refractivity contribution < 1.29 is 29.4 Å². The molecule has 0 aliphatic heterocycles. The first kappa shape index (κ1) is 24.8. The molecule has 0 rings (SSSR count). The molecular formula is C16H31N5O6. The number of carbonyl (C=O) groups is 4. The second-order valence-corrected chi connectivity index (χ2v) is 6.48. The number of unbranched alkanes of at least 4 members (excludes halogenated alkanes) is 1. The van der Waals surface area contributed by atoms with Crippen molar-refractivity contribution in [3.8, 4) is 0 Å². The molecule has 0 saturated carbocycles. The first-order valence-corrected chi connectivity index (χ1v) is 8.80. The Morgan fingerprint density at radius 2 is 1.67 bits per heavy atom. The molecule has 9 N–H and O–H groups in total. The van der Waals surface area contributed by atoms with Gasteiger partial charge in [-0.25, -0.2) is 4.79 Å². The summed E-state index contributed by atoms with van der Waals surface area (Å²) < 4.78 is 0. The van der Waals surface area contributed by atoms with E-state index in [1.54, 1.807) is 13.8 Å². The van der Waals surface area contributed by atoms with E-state index in [-0.39, 0.29) is 12.5 Å². The van der Waals surface area contributed by atoms with E-state index in [1.807, 2.05) is 0 Å². The van der Waals surface area contributed by atoms with Crippen LogP contribution in [0.25, 0.3) is 0 Å². The number of rotatable bonds is 13. The Hall–Kier alpha value is -2.24. The molecule has 0 aromatic heterocycles. The summed E-state index contributed by atoms with van der Waals surface area (Å²) in [5.41, 5.74) is 11.1. The van der Waals surface area contributed by atoms with Crippen LogP contribution in [0.5, 0.6) is 0 Å². The van der Waals surface area contributed by atoms with E-state index in [0.29, 0.717) is 19.4 Å². The van der Waals surface area contributed by atoms with Crippen molar-refractivity contribution in [2.75, 3.05) is 19.7 Å². The summed E-state index contributed by atoms with van der Waals surface area (Å²) in [7, 11) is 0. The molecule has 0 aliphatic carbocycles. The molecule has 3 amide bonds. The normalized spacial score (nSPS) is 14.1. The third kappa shape index (κ3) is 9.87. The van der Waals surface area contributed by atoms with Gasteiger partial charge in [-0.05, 0) is 25.3 Å². The molecule has 0 saturated heterocycles. The third-order valence-corrected chi connectivity index (χ3v) is 3.79. The van der Waals surface area contributed by atoms with Gasteiger partial charge in [0.15, 0.2) is 0 Å². The highest BCUT2D eigenvalue weighted by Crippen LogP contribution is 2.03. The molecule has 3 unspecified atom stereocenters. The average Bonchev–Trinajstić information content (AvgIpc) is 2.61. The van der Waals surface area contributed by atoms with Crippen LogP contribution < -0.4 is 27.4 Å². The molecule has 0 aromatic carbocycles. The minimum atomic E-state index is -1.47. The molecule has 0 aromatic rings. The topological polar surface area (TPSA) is 197 Å². The number of hydrogen-bond donors (Lipinski definition) is 7. The van der Waals surface area contributed by atoms with E-state index in [2.05, 4.69) is 16.0 Å². The SMILES string of the molecule is CC(C)C(NC(=O)CNC(=O)C(N)CCCCN)C(=O)NC(CO)C(=O)O. The van der Waals surface area contributed by atoms with Crippen LogP contribution in [0, 0.1) is 5.92 Å². The Morgan fingerprint density at radius 3 is 2.15 bits per heavy atom. The average molecular weight is 389 g/mol. The van der Waals surface area contributed by atoms with Gasteiger partial charge in [-0.2, -0.15) is 0 Å². The molecule has 3 atom stereocenters. The van der Waals surface area contributed by atoms with Crippen molar-refractivity contribution in [2.45, 2.75) is 51.2 Å². The lowest BCUT2D eigenvalue weighted by molar-refractivity contribution is -0.143. The number of carboxylic acids is 1. The predicted octanol–water partition coefficient (Wildman–Crippen LogP) is -2.74. The van der Waals surface area contributed by atoms with Crippen molar-refractivity contribution in [1.29, 1.82) is 0 Å². The van der Waals surface area contributed by atoms with Gasteiger partial charge in [0.2, 0.25) is 17.7 Å². The fourth-order valence-electron chi connectivity index (χ4n) is 2.14. The maximum Gasteiger partial charge on any atom is 0.328 e. The smallest absolute Gasteiger partial charge is 0.328 e. The predicted molar refractivity (Wildman–Crippen MR) is 97.3 cm³/mol. The summed E-state index contributed by atoms with van der Waals surface area (Å²) in [6, 6.07) is -3.25. The molecule has 0 radical (unpaired) electrons. The lowest BCUT2D eigenvalue weighted by Gasteiger charge is -2.23. The Balaban J connectivity index is 4.57. The number of carbonyl (C=O) groups excluding carboxylic acids is 3. The summed E-state index contributed by atoms with van der Waals surface area (Å²) >= 11 is 0. The lowest BCUT2D eigenvalue weighted by atomic mass is 10.0. The van der Waals surface area contributed by atoms with Crippen LogP contribution in [-0.2, 0) is 19.2 Å². The Morgan fingerprint density at radius 1 is 1.04 bits per heavy atom. The highest BCUT2D eigenvalue weighted by atomic mass is 16.4. The minimum Gasteiger partial charge on any atom is -0.480 e. The van der Waals surface area contributed by atoms with Gasteiger partial charge in [0.1, 0.15) is 12.1 Å². The molecule has 156 valence electrons. The van der Waals surface area contributed by atoms with Gasteiger partial charge >= 0.3 is 5.97 Å². The maximum absolute atomic E-state index is 12.2. The van der Waals surface area contributed by atoms with Gasteiger partial charge in [0.05, 0.1) is 19.2 Å². The molecule has 11 nitrogen and oxygen atoms in total. The molecule has 0 heterocycles. The monoisotopic (exact) mass is 389 g/mol. The summed E-state index contributed by atoms with van der Waals surface area (Å²) in [5.74, 6) is -3.60. The van der Waals surface area contributed by atoms with Crippen molar-refractivity contribution in [3.63, 3.8) is 0 Å². The molecular weight excluding hydrogens is 358 g/mol. The number of hydrogen-bond acceptors (Lipinski definition) is 7. The first-order chi connectivity index (χ1) is 12.6. The zero-order valence-electron chi connectivity index (χ0n) is 15.7. The van der Waals surface area contributed by atoms with Gasteiger partial charge in [-0.1, -0.05) is 20.3 Å². The standard InChI is InChI=1S/C16H31N5O6/c1-9(2)13(15(25)20-11(8-22)16(26)27)21-12(23)7-19-14(24)10(18)5-3-4-6-17/h9-11,13,22H,3-8,17-18H2,1-2H3,(H,19,24)(H,20,25)(H,21,23)(H,26,27). The molecule has 27 heavy (non-hydrogen) atoms. The number of carboxylic acid groups (broad SMARTS) is 1. The molecule has 0 aliphatic rings. The molecule has 0 fully saturated rings. The summed E-state index contributed by atoms with van der Waals surface area (Å²) in [6.45, 7) is 2.67. The van der Waals surface area contributed by atoms with E-state index in [9.17, 15) is 19.2 Å². The fraction of sp³-hybridized carbons (Fsp3) is 0.750. The first-order valence-electron chi connectivity index (χ1n) is 8.80. The van der Waals surface area contributed by atoms with Crippen LogP contribution in [0.2, 0.25) is 0 Å². The highest BCUT2D eigenvalue weighted by molar-refractivity contribution is 5.92. The van der Waals surface area contributed by atoms with Gasteiger partial charge in [-0.15, -0.1) is 0 Å². The van der Waals surface area contributed by atoms with Crippen LogP contribution in [-0.4, -0.2) is 71.7 Å². The number of aliphatic hydroxyl groups excluding tert-OH is 1. The van der Waals surface area contributed by atoms with Crippen LogP contribution in [0.4, 0.5) is 0 Å². The number of nitrogens with one attached hydrogen (secondary N) is 3. The van der Waals surface area contributed by atoms with E-state index in [4.69, 9.17) is 21.7 Å². The van der Waals surface area contributed by atoms with Crippen molar-refractivity contribution in [2.24, 2.45) is 17.4 Å². The van der Waals surface area contributed by atoms with Crippen LogP contribution in [0.3, 0.4) is 0 Å². The van der Waals surface area contributed by atoms with Gasteiger partial charge in [0, 0.05) is 0 Å². The summed E-state index contributed by atoms with van der Waals surface area (Å²) in [4.78, 5) is 46.9. The summed E-state index contributed by atoms with van der Waals surface area (Å²) in [6.07, 6.45) is 1.89. The van der Waals surface area contributed by atoms with Gasteiger partial charge < -0.3 is 37.6 Å². The van der Waals surface area contributed by atoms with E-state index >= 15 is 0 Å². The zero-order chi connectivity index (χ0) is 21.0.